The number of phosphoric acid groups is 1. The van der Waals surface area contributed by atoms with Crippen molar-refractivity contribution in [3.63, 3.8) is 0 Å². The van der Waals surface area contributed by atoms with Gasteiger partial charge in [0.1, 0.15) is 6.61 Å². The summed E-state index contributed by atoms with van der Waals surface area (Å²) in [5.41, 5.74) is 0. The number of esters is 2. The molecule has 0 fully saturated rings. The van der Waals surface area contributed by atoms with Crippen LogP contribution < -0.4 is 0 Å². The summed E-state index contributed by atoms with van der Waals surface area (Å²) in [6.07, 6.45) is 48.0. The molecule has 0 saturated heterocycles. The molecule has 55 heavy (non-hydrogen) atoms. The van der Waals surface area contributed by atoms with Crippen LogP contribution in [0.1, 0.15) is 232 Å². The molecule has 0 aromatic carbocycles. The van der Waals surface area contributed by atoms with E-state index < -0.39 is 26.5 Å². The highest BCUT2D eigenvalue weighted by Gasteiger charge is 2.24. The molecular formula is C46H87O8P. The third kappa shape index (κ3) is 42.0. The Balaban J connectivity index is 3.94. The van der Waals surface area contributed by atoms with E-state index in [9.17, 15) is 19.0 Å². The van der Waals surface area contributed by atoms with Gasteiger partial charge in [-0.1, -0.05) is 199 Å². The van der Waals surface area contributed by atoms with Gasteiger partial charge in [0.15, 0.2) is 6.10 Å². The quantitative estimate of drug-likeness (QED) is 0.0281. The van der Waals surface area contributed by atoms with Gasteiger partial charge in [-0.25, -0.2) is 4.57 Å². The smallest absolute Gasteiger partial charge is 0.462 e. The number of carbonyl (C=O) groups excluding carboxylic acids is 2. The number of carbonyl (C=O) groups is 2. The van der Waals surface area contributed by atoms with Crippen LogP contribution in [0.15, 0.2) is 24.3 Å². The van der Waals surface area contributed by atoms with Crippen LogP contribution in [-0.2, 0) is 32.7 Å². The average Bonchev–Trinajstić information content (AvgIpc) is 3.18. The molecule has 0 aromatic heterocycles. The minimum Gasteiger partial charge on any atom is -0.462 e. The van der Waals surface area contributed by atoms with Gasteiger partial charge in [-0.15, -0.1) is 0 Å². The molecule has 324 valence electrons. The predicted octanol–water partition coefficient (Wildman–Crippen LogP) is 14.6. The Morgan fingerprint density at radius 3 is 1.27 bits per heavy atom. The first-order valence-corrected chi connectivity index (χ1v) is 24.5. The molecule has 0 bridgehead atoms. The number of hydrogen-bond donors (Lipinski definition) is 1. The first-order chi connectivity index (χ1) is 26.8. The van der Waals surface area contributed by atoms with E-state index in [0.29, 0.717) is 12.8 Å². The number of hydrogen-bond acceptors (Lipinski definition) is 7. The Labute approximate surface area is 339 Å². The Morgan fingerprint density at radius 2 is 0.873 bits per heavy atom. The van der Waals surface area contributed by atoms with Crippen LogP contribution in [0, 0.1) is 0 Å². The average molecular weight is 799 g/mol. The van der Waals surface area contributed by atoms with Gasteiger partial charge in [0, 0.05) is 20.0 Å². The van der Waals surface area contributed by atoms with Crippen LogP contribution in [0.25, 0.3) is 0 Å². The van der Waals surface area contributed by atoms with Crippen molar-refractivity contribution in [1.29, 1.82) is 0 Å². The van der Waals surface area contributed by atoms with Gasteiger partial charge < -0.3 is 14.4 Å². The van der Waals surface area contributed by atoms with Crippen LogP contribution in [0.4, 0.5) is 0 Å². The minimum absolute atomic E-state index is 0.222. The molecule has 0 spiro atoms. The van der Waals surface area contributed by atoms with Crippen molar-refractivity contribution in [2.75, 3.05) is 20.3 Å². The number of allylic oxidation sites excluding steroid dienone is 4. The van der Waals surface area contributed by atoms with E-state index in [1.54, 1.807) is 0 Å². The lowest BCUT2D eigenvalue weighted by atomic mass is 10.0. The molecule has 0 heterocycles. The van der Waals surface area contributed by atoms with E-state index in [-0.39, 0.29) is 19.0 Å². The fraction of sp³-hybridized carbons (Fsp3) is 0.870. The van der Waals surface area contributed by atoms with Crippen LogP contribution in [0.3, 0.4) is 0 Å². The molecule has 2 unspecified atom stereocenters. The van der Waals surface area contributed by atoms with E-state index in [4.69, 9.17) is 14.0 Å². The number of ether oxygens (including phenoxy) is 2. The van der Waals surface area contributed by atoms with Crippen LogP contribution in [0.2, 0.25) is 0 Å². The lowest BCUT2D eigenvalue weighted by Gasteiger charge is -2.19. The van der Waals surface area contributed by atoms with E-state index >= 15 is 0 Å². The Morgan fingerprint density at radius 1 is 0.509 bits per heavy atom. The maximum Gasteiger partial charge on any atom is 0.472 e. The van der Waals surface area contributed by atoms with Crippen LogP contribution >= 0.6 is 7.82 Å². The van der Waals surface area contributed by atoms with Gasteiger partial charge >= 0.3 is 19.8 Å². The summed E-state index contributed by atoms with van der Waals surface area (Å²) in [4.78, 5) is 34.5. The first kappa shape index (κ1) is 53.5. The summed E-state index contributed by atoms with van der Waals surface area (Å²) < 4.78 is 32.0. The van der Waals surface area contributed by atoms with Gasteiger partial charge in [-0.2, -0.15) is 0 Å². The molecule has 0 saturated carbocycles. The summed E-state index contributed by atoms with van der Waals surface area (Å²) in [7, 11) is -3.20. The monoisotopic (exact) mass is 799 g/mol. The summed E-state index contributed by atoms with van der Waals surface area (Å²) >= 11 is 0. The highest BCUT2D eigenvalue weighted by atomic mass is 31.2. The first-order valence-electron chi connectivity index (χ1n) is 23.0. The zero-order valence-electron chi connectivity index (χ0n) is 36.1. The summed E-state index contributed by atoms with van der Waals surface area (Å²) in [6, 6.07) is 0. The van der Waals surface area contributed by atoms with E-state index in [1.165, 1.54) is 154 Å². The SMILES string of the molecule is CCCCCCC/C=C\C/C=C\CCCCCCCCCCCC(=O)OC(COC(=O)CCCCCCCCCCCCCCCCC)COP(=O)(O)OC. The summed E-state index contributed by atoms with van der Waals surface area (Å²) in [5, 5.41) is 0. The Hall–Kier alpha value is -1.47. The van der Waals surface area contributed by atoms with Crippen molar-refractivity contribution in [3.05, 3.63) is 24.3 Å². The Kier molecular flexibility index (Phi) is 41.0. The van der Waals surface area contributed by atoms with E-state index in [2.05, 4.69) is 42.7 Å². The highest BCUT2D eigenvalue weighted by Crippen LogP contribution is 2.42. The molecule has 0 aliphatic carbocycles. The number of rotatable bonds is 43. The van der Waals surface area contributed by atoms with Crippen molar-refractivity contribution >= 4 is 19.8 Å². The second kappa shape index (κ2) is 42.1. The van der Waals surface area contributed by atoms with Gasteiger partial charge in [0.25, 0.3) is 0 Å². The number of phosphoric ester groups is 1. The van der Waals surface area contributed by atoms with Crippen molar-refractivity contribution in [2.45, 2.75) is 238 Å². The van der Waals surface area contributed by atoms with E-state index in [0.717, 1.165) is 52.1 Å². The largest absolute Gasteiger partial charge is 0.472 e. The molecule has 0 aliphatic heterocycles. The van der Waals surface area contributed by atoms with Gasteiger partial charge in [0.2, 0.25) is 0 Å². The standard InChI is InChI=1S/C46H87O8P/c1-4-6-8-10-12-14-16-18-20-21-22-23-24-25-27-29-31-33-35-37-39-41-46(48)54-44(43-53-55(49,50)51-3)42-52-45(47)40-38-36-34-32-30-28-26-19-17-15-13-11-9-7-5-2/h16,18,21-22,44H,4-15,17,19-20,23-43H2,1-3H3,(H,49,50)/b18-16-,22-21-. The van der Waals surface area contributed by atoms with Crippen molar-refractivity contribution in [1.82, 2.24) is 0 Å². The van der Waals surface area contributed by atoms with Gasteiger partial charge in [-0.05, 0) is 44.9 Å². The fourth-order valence-electron chi connectivity index (χ4n) is 6.63. The summed E-state index contributed by atoms with van der Waals surface area (Å²) in [6.45, 7) is 3.90. The maximum absolute atomic E-state index is 12.5. The molecule has 0 amide bonds. The lowest BCUT2D eigenvalue weighted by molar-refractivity contribution is -0.161. The molecular weight excluding hydrogens is 711 g/mol. The predicted molar refractivity (Wildman–Crippen MR) is 230 cm³/mol. The topological polar surface area (TPSA) is 108 Å². The van der Waals surface area contributed by atoms with Crippen molar-refractivity contribution in [3.8, 4) is 0 Å². The number of unbranched alkanes of at least 4 members (excludes halogenated alkanes) is 28. The second-order valence-electron chi connectivity index (χ2n) is 15.5. The Bertz CT molecular complexity index is 952. The fourth-order valence-corrected chi connectivity index (χ4v) is 7.09. The van der Waals surface area contributed by atoms with Gasteiger partial charge in [0.05, 0.1) is 6.61 Å². The normalized spacial score (nSPS) is 13.5. The van der Waals surface area contributed by atoms with Crippen molar-refractivity contribution in [2.24, 2.45) is 0 Å². The molecule has 9 heteroatoms. The maximum atomic E-state index is 12.5. The highest BCUT2D eigenvalue weighted by molar-refractivity contribution is 7.47. The molecule has 0 aromatic rings. The molecule has 0 rings (SSSR count). The molecule has 0 aliphatic rings. The molecule has 2 atom stereocenters. The lowest BCUT2D eigenvalue weighted by Crippen LogP contribution is -2.29. The second-order valence-corrected chi connectivity index (χ2v) is 17.1. The third-order valence-corrected chi connectivity index (χ3v) is 11.1. The molecule has 8 nitrogen and oxygen atoms in total. The van der Waals surface area contributed by atoms with Crippen LogP contribution in [0.5, 0.6) is 0 Å². The van der Waals surface area contributed by atoms with Gasteiger partial charge in [-0.3, -0.25) is 18.6 Å². The molecule has 0 radical (unpaired) electrons. The van der Waals surface area contributed by atoms with E-state index in [1.807, 2.05) is 0 Å². The third-order valence-electron chi connectivity index (χ3n) is 10.2. The van der Waals surface area contributed by atoms with Crippen LogP contribution in [-0.4, -0.2) is 43.3 Å². The molecule has 1 N–H and O–H groups in total. The van der Waals surface area contributed by atoms with Crippen molar-refractivity contribution < 1.29 is 37.6 Å². The summed E-state index contributed by atoms with van der Waals surface area (Å²) in [5.74, 6) is -0.798. The minimum atomic E-state index is -4.26. The zero-order valence-corrected chi connectivity index (χ0v) is 37.0. The zero-order chi connectivity index (χ0) is 40.3.